The van der Waals surface area contributed by atoms with Gasteiger partial charge in [-0.05, 0) is 56.0 Å². The van der Waals surface area contributed by atoms with Gasteiger partial charge in [-0.3, -0.25) is 0 Å². The fourth-order valence-electron chi connectivity index (χ4n) is 3.14. The van der Waals surface area contributed by atoms with E-state index < -0.39 is 11.7 Å². The third-order valence-electron chi connectivity index (χ3n) is 4.30. The lowest BCUT2D eigenvalue weighted by Crippen LogP contribution is -2.23. The molecule has 138 valence electrons. The normalized spacial score (nSPS) is 13.5. The highest BCUT2D eigenvalue weighted by Gasteiger charge is 2.32. The van der Waals surface area contributed by atoms with Crippen LogP contribution in [0.1, 0.15) is 30.5 Å². The summed E-state index contributed by atoms with van der Waals surface area (Å²) in [4.78, 5) is 7.20. The first-order valence-corrected chi connectivity index (χ1v) is 8.55. The first-order valence-electron chi connectivity index (χ1n) is 8.55. The van der Waals surface area contributed by atoms with Gasteiger partial charge in [-0.15, -0.1) is 0 Å². The minimum atomic E-state index is -4.37. The van der Waals surface area contributed by atoms with Crippen LogP contribution in [0.5, 0.6) is 0 Å². The summed E-state index contributed by atoms with van der Waals surface area (Å²) in [7, 11) is 0. The van der Waals surface area contributed by atoms with Gasteiger partial charge in [0.15, 0.2) is 0 Å². The van der Waals surface area contributed by atoms with Crippen LogP contribution in [0, 0.1) is 0 Å². The molecule has 3 rings (SSSR count). The number of hydrogen-bond acceptors (Lipinski definition) is 3. The number of fused-ring (bicyclic) bond motifs is 2. The van der Waals surface area contributed by atoms with Crippen LogP contribution in [0.3, 0.4) is 0 Å². The van der Waals surface area contributed by atoms with Gasteiger partial charge in [0.1, 0.15) is 6.61 Å². The van der Waals surface area contributed by atoms with Crippen molar-refractivity contribution < 1.29 is 18.0 Å². The maximum absolute atomic E-state index is 13.2. The van der Waals surface area contributed by atoms with Crippen LogP contribution >= 0.6 is 0 Å². The molecule has 1 aliphatic heterocycles. The molecule has 0 atom stereocenters. The van der Waals surface area contributed by atoms with E-state index in [9.17, 15) is 13.2 Å². The Labute approximate surface area is 151 Å². The maximum Gasteiger partial charge on any atom is 0.416 e. The molecule has 0 saturated carbocycles. The summed E-state index contributed by atoms with van der Waals surface area (Å²) < 4.78 is 39.7. The molecule has 6 heteroatoms. The Bertz CT molecular complexity index is 811. The molecule has 2 aromatic rings. The number of benzene rings is 2. The summed E-state index contributed by atoms with van der Waals surface area (Å²) in [5.74, 6) is 0. The molecule has 0 bridgehead atoms. The van der Waals surface area contributed by atoms with Crippen molar-refractivity contribution in [2.24, 2.45) is 5.16 Å². The number of nitrogens with zero attached hydrogens (tertiary/aromatic N) is 2. The smallest absolute Gasteiger partial charge is 0.394 e. The van der Waals surface area contributed by atoms with Gasteiger partial charge >= 0.3 is 6.18 Å². The van der Waals surface area contributed by atoms with Gasteiger partial charge in [0.05, 0.1) is 17.8 Å². The summed E-state index contributed by atoms with van der Waals surface area (Å²) in [5, 5.41) is 3.91. The van der Waals surface area contributed by atoms with Crippen molar-refractivity contribution in [3.63, 3.8) is 0 Å². The zero-order valence-corrected chi connectivity index (χ0v) is 14.8. The van der Waals surface area contributed by atoms with Gasteiger partial charge in [0.25, 0.3) is 0 Å². The molecule has 2 aromatic carbocycles. The zero-order chi connectivity index (χ0) is 18.7. The fourth-order valence-corrected chi connectivity index (χ4v) is 3.14. The van der Waals surface area contributed by atoms with Crippen LogP contribution in [-0.4, -0.2) is 18.9 Å². The number of anilines is 2. The number of rotatable bonds is 4. The Hall–Kier alpha value is -2.50. The van der Waals surface area contributed by atoms with Crippen LogP contribution < -0.4 is 4.90 Å². The number of alkyl halides is 3. The molecule has 0 spiro atoms. The standard InChI is InChI=1S/C20H21F3N2O/c1-14(2)24-26-12-11-25-18-6-4-3-5-15(18)7-8-16-9-10-17(13-19(16)25)20(21,22)23/h3-6,9-10,13H,7-8,11-12H2,1-2H3. The van der Waals surface area contributed by atoms with Gasteiger partial charge in [-0.1, -0.05) is 29.4 Å². The van der Waals surface area contributed by atoms with Crippen LogP contribution in [0.25, 0.3) is 0 Å². The lowest BCUT2D eigenvalue weighted by atomic mass is 10.0. The van der Waals surface area contributed by atoms with E-state index in [0.717, 1.165) is 35.0 Å². The van der Waals surface area contributed by atoms with E-state index in [1.807, 2.05) is 43.0 Å². The number of aryl methyl sites for hydroxylation is 2. The van der Waals surface area contributed by atoms with Crippen molar-refractivity contribution in [2.75, 3.05) is 18.1 Å². The van der Waals surface area contributed by atoms with E-state index in [1.165, 1.54) is 6.07 Å². The molecule has 0 fully saturated rings. The first kappa shape index (κ1) is 18.3. The SMILES string of the molecule is CC(C)=NOCCN1c2ccccc2CCc2ccc(C(F)(F)F)cc21. The van der Waals surface area contributed by atoms with Gasteiger partial charge < -0.3 is 9.74 Å². The topological polar surface area (TPSA) is 24.8 Å². The summed E-state index contributed by atoms with van der Waals surface area (Å²) >= 11 is 0. The third-order valence-corrected chi connectivity index (χ3v) is 4.30. The third kappa shape index (κ3) is 4.00. The molecule has 0 radical (unpaired) electrons. The Kier molecular flexibility index (Phi) is 5.20. The molecule has 1 heterocycles. The predicted octanol–water partition coefficient (Wildman–Crippen LogP) is 5.35. The quantitative estimate of drug-likeness (QED) is 0.416. The van der Waals surface area contributed by atoms with Gasteiger partial charge in [-0.2, -0.15) is 13.2 Å². The van der Waals surface area contributed by atoms with E-state index in [1.54, 1.807) is 6.07 Å². The van der Waals surface area contributed by atoms with Gasteiger partial charge in [0.2, 0.25) is 0 Å². The Morgan fingerprint density at radius 2 is 1.73 bits per heavy atom. The van der Waals surface area contributed by atoms with Crippen molar-refractivity contribution in [3.8, 4) is 0 Å². The molecule has 3 nitrogen and oxygen atoms in total. The summed E-state index contributed by atoms with van der Waals surface area (Å²) in [5.41, 5.74) is 3.69. The van der Waals surface area contributed by atoms with Crippen LogP contribution in [0.4, 0.5) is 24.5 Å². The first-order chi connectivity index (χ1) is 12.4. The van der Waals surface area contributed by atoms with E-state index in [-0.39, 0.29) is 6.61 Å². The second-order valence-corrected chi connectivity index (χ2v) is 6.49. The lowest BCUT2D eigenvalue weighted by Gasteiger charge is -2.27. The second-order valence-electron chi connectivity index (χ2n) is 6.49. The van der Waals surface area contributed by atoms with Crippen molar-refractivity contribution >= 4 is 17.1 Å². The molecule has 0 N–H and O–H groups in total. The van der Waals surface area contributed by atoms with Crippen LogP contribution in [0.2, 0.25) is 0 Å². The van der Waals surface area contributed by atoms with Crippen molar-refractivity contribution in [2.45, 2.75) is 32.9 Å². The monoisotopic (exact) mass is 362 g/mol. The molecule has 1 aliphatic rings. The maximum atomic E-state index is 13.2. The average Bonchev–Trinajstić information content (AvgIpc) is 2.74. The lowest BCUT2D eigenvalue weighted by molar-refractivity contribution is -0.137. The molecule has 0 unspecified atom stereocenters. The largest absolute Gasteiger partial charge is 0.416 e. The molecule has 26 heavy (non-hydrogen) atoms. The highest BCUT2D eigenvalue weighted by Crippen LogP contribution is 2.39. The van der Waals surface area contributed by atoms with E-state index in [2.05, 4.69) is 5.16 Å². The summed E-state index contributed by atoms with van der Waals surface area (Å²) in [6.07, 6.45) is -2.88. The van der Waals surface area contributed by atoms with Crippen molar-refractivity contribution in [3.05, 3.63) is 59.2 Å². The van der Waals surface area contributed by atoms with E-state index >= 15 is 0 Å². The number of para-hydroxylation sites is 1. The molecular formula is C20H21F3N2O. The molecule has 0 amide bonds. The van der Waals surface area contributed by atoms with Gasteiger partial charge in [-0.25, -0.2) is 0 Å². The average molecular weight is 362 g/mol. The molecule has 0 aliphatic carbocycles. The molecule has 0 aromatic heterocycles. The highest BCUT2D eigenvalue weighted by molar-refractivity contribution is 5.78. The second kappa shape index (κ2) is 7.40. The number of halogens is 3. The minimum absolute atomic E-state index is 0.287. The van der Waals surface area contributed by atoms with Gasteiger partial charge in [0, 0.05) is 11.4 Å². The van der Waals surface area contributed by atoms with Crippen molar-refractivity contribution in [1.82, 2.24) is 0 Å². The molecular weight excluding hydrogens is 341 g/mol. The Morgan fingerprint density at radius 3 is 2.42 bits per heavy atom. The van der Waals surface area contributed by atoms with Crippen LogP contribution in [0.15, 0.2) is 47.6 Å². The number of hydrogen-bond donors (Lipinski definition) is 0. The Morgan fingerprint density at radius 1 is 1.04 bits per heavy atom. The zero-order valence-electron chi connectivity index (χ0n) is 14.8. The van der Waals surface area contributed by atoms with E-state index in [0.29, 0.717) is 18.7 Å². The minimum Gasteiger partial charge on any atom is -0.394 e. The summed E-state index contributed by atoms with van der Waals surface area (Å²) in [6.45, 7) is 4.36. The predicted molar refractivity (Wildman–Crippen MR) is 97.0 cm³/mol. The van der Waals surface area contributed by atoms with E-state index in [4.69, 9.17) is 4.84 Å². The highest BCUT2D eigenvalue weighted by atomic mass is 19.4. The summed E-state index contributed by atoms with van der Waals surface area (Å²) in [6, 6.07) is 11.8. The fraction of sp³-hybridized carbons (Fsp3) is 0.350. The molecule has 0 saturated heterocycles. The Balaban J connectivity index is 2.00. The van der Waals surface area contributed by atoms with Crippen molar-refractivity contribution in [1.29, 1.82) is 0 Å². The van der Waals surface area contributed by atoms with Crippen LogP contribution in [-0.2, 0) is 23.9 Å². The number of oxime groups is 1.